The maximum atomic E-state index is 12.5. The number of para-hydroxylation sites is 1. The number of esters is 1. The fourth-order valence-electron chi connectivity index (χ4n) is 2.22. The van der Waals surface area contributed by atoms with Crippen molar-refractivity contribution < 1.29 is 28.4 Å². The lowest BCUT2D eigenvalue weighted by Gasteiger charge is -2.24. The van der Waals surface area contributed by atoms with Gasteiger partial charge in [0.25, 0.3) is 5.91 Å². The average molecular weight is 350 g/mol. The standard InChI is InChI=1S/C17H23N3O5/c1-20(2,3)10-16(23)19-14(17(24)25-4)9-15(22)12-7-5-6-8-13(12)18-11-21/h5-8,11,14H,9-10H2,1-4H3,(H-,18,19,21,22,23)/p+1. The largest absolute Gasteiger partial charge is 0.467 e. The molecule has 0 aliphatic rings. The van der Waals surface area contributed by atoms with Crippen LogP contribution in [0.5, 0.6) is 0 Å². The van der Waals surface area contributed by atoms with Crippen LogP contribution in [0.3, 0.4) is 0 Å². The van der Waals surface area contributed by atoms with E-state index in [-0.39, 0.29) is 24.4 Å². The molecule has 2 N–H and O–H groups in total. The predicted molar refractivity (Wildman–Crippen MR) is 91.9 cm³/mol. The van der Waals surface area contributed by atoms with Crippen molar-refractivity contribution in [3.05, 3.63) is 29.8 Å². The van der Waals surface area contributed by atoms with E-state index in [0.29, 0.717) is 16.6 Å². The first-order chi connectivity index (χ1) is 11.7. The lowest BCUT2D eigenvalue weighted by atomic mass is 10.0. The van der Waals surface area contributed by atoms with E-state index in [1.54, 1.807) is 18.2 Å². The lowest BCUT2D eigenvalue weighted by Crippen LogP contribution is -2.50. The molecule has 0 aliphatic carbocycles. The van der Waals surface area contributed by atoms with Gasteiger partial charge in [0.1, 0.15) is 6.04 Å². The molecule has 8 heteroatoms. The van der Waals surface area contributed by atoms with Crippen molar-refractivity contribution in [2.24, 2.45) is 0 Å². The van der Waals surface area contributed by atoms with E-state index in [1.807, 2.05) is 21.1 Å². The fourth-order valence-corrected chi connectivity index (χ4v) is 2.22. The van der Waals surface area contributed by atoms with Crippen molar-refractivity contribution >= 4 is 29.8 Å². The van der Waals surface area contributed by atoms with Gasteiger partial charge < -0.3 is 19.9 Å². The summed E-state index contributed by atoms with van der Waals surface area (Å²) < 4.78 is 5.05. The number of amides is 2. The van der Waals surface area contributed by atoms with Crippen LogP contribution in [0.4, 0.5) is 5.69 Å². The Balaban J connectivity index is 2.92. The number of ether oxygens (including phenoxy) is 1. The molecule has 1 rings (SSSR count). The van der Waals surface area contributed by atoms with E-state index in [2.05, 4.69) is 15.4 Å². The number of hydrogen-bond donors (Lipinski definition) is 2. The maximum absolute atomic E-state index is 12.5. The van der Waals surface area contributed by atoms with Gasteiger partial charge in [-0.15, -0.1) is 0 Å². The molecule has 0 aliphatic heterocycles. The number of Topliss-reactive ketones (excluding diaryl/α,β-unsaturated/α-hetero) is 1. The number of benzene rings is 1. The molecule has 0 heterocycles. The number of nitrogens with zero attached hydrogens (tertiary/aromatic N) is 1. The molecule has 8 nitrogen and oxygen atoms in total. The minimum absolute atomic E-state index is 0.144. The number of anilines is 1. The third-order valence-corrected chi connectivity index (χ3v) is 3.27. The third-order valence-electron chi connectivity index (χ3n) is 3.27. The minimum Gasteiger partial charge on any atom is -0.467 e. The summed E-state index contributed by atoms with van der Waals surface area (Å²) in [7, 11) is 6.69. The van der Waals surface area contributed by atoms with Crippen LogP contribution in [0.2, 0.25) is 0 Å². The molecule has 0 radical (unpaired) electrons. The number of likely N-dealkylation sites (N-methyl/N-ethyl adjacent to an activating group) is 1. The van der Waals surface area contributed by atoms with E-state index in [1.165, 1.54) is 13.2 Å². The normalized spacial score (nSPS) is 12.0. The summed E-state index contributed by atoms with van der Waals surface area (Å²) in [5.74, 6) is -1.47. The number of carbonyl (C=O) groups excluding carboxylic acids is 4. The van der Waals surface area contributed by atoms with Crippen molar-refractivity contribution in [1.82, 2.24) is 5.32 Å². The first-order valence-electron chi connectivity index (χ1n) is 7.68. The van der Waals surface area contributed by atoms with Crippen LogP contribution in [0.15, 0.2) is 24.3 Å². The number of methoxy groups -OCH3 is 1. The zero-order chi connectivity index (χ0) is 19.0. The topological polar surface area (TPSA) is 102 Å². The van der Waals surface area contributed by atoms with Crippen LogP contribution in [0.1, 0.15) is 16.8 Å². The monoisotopic (exact) mass is 350 g/mol. The number of ketones is 1. The second-order valence-corrected chi connectivity index (χ2v) is 6.53. The van der Waals surface area contributed by atoms with Crippen LogP contribution in [-0.2, 0) is 19.1 Å². The van der Waals surface area contributed by atoms with Crippen molar-refractivity contribution in [3.8, 4) is 0 Å². The summed E-state index contributed by atoms with van der Waals surface area (Å²) >= 11 is 0. The highest BCUT2D eigenvalue weighted by Gasteiger charge is 2.27. The molecule has 1 aromatic rings. The van der Waals surface area contributed by atoms with E-state index < -0.39 is 17.8 Å². The molecule has 0 saturated heterocycles. The molecule has 0 bridgehead atoms. The minimum atomic E-state index is -1.10. The molecule has 2 amide bonds. The number of rotatable bonds is 9. The number of hydrogen-bond acceptors (Lipinski definition) is 5. The smallest absolute Gasteiger partial charge is 0.328 e. The second-order valence-electron chi connectivity index (χ2n) is 6.53. The molecule has 0 spiro atoms. The van der Waals surface area contributed by atoms with E-state index in [0.717, 1.165) is 0 Å². The molecule has 0 fully saturated rings. The predicted octanol–water partition coefficient (Wildman–Crippen LogP) is 0.192. The Hall–Kier alpha value is -2.74. The Kier molecular flexibility index (Phi) is 7.25. The Morgan fingerprint density at radius 3 is 2.40 bits per heavy atom. The zero-order valence-electron chi connectivity index (χ0n) is 14.9. The van der Waals surface area contributed by atoms with Gasteiger partial charge in [-0.2, -0.15) is 0 Å². The molecule has 1 atom stereocenters. The molecule has 0 aromatic heterocycles. The number of quaternary nitrogens is 1. The fraction of sp³-hybridized carbons (Fsp3) is 0.412. The van der Waals surface area contributed by atoms with Crippen molar-refractivity contribution in [2.75, 3.05) is 40.1 Å². The summed E-state index contributed by atoms with van der Waals surface area (Å²) in [6.45, 7) is 0.144. The van der Waals surface area contributed by atoms with Gasteiger partial charge in [-0.25, -0.2) is 4.79 Å². The van der Waals surface area contributed by atoms with E-state index in [4.69, 9.17) is 0 Å². The Labute approximate surface area is 146 Å². The Morgan fingerprint density at radius 1 is 1.20 bits per heavy atom. The van der Waals surface area contributed by atoms with Gasteiger partial charge in [0.15, 0.2) is 12.3 Å². The van der Waals surface area contributed by atoms with Gasteiger partial charge in [-0.1, -0.05) is 12.1 Å². The van der Waals surface area contributed by atoms with E-state index >= 15 is 0 Å². The molecular formula is C17H24N3O5+. The van der Waals surface area contributed by atoms with Crippen LogP contribution in [0, 0.1) is 0 Å². The summed E-state index contributed by atoms with van der Waals surface area (Å²) in [4.78, 5) is 47.2. The van der Waals surface area contributed by atoms with Gasteiger partial charge in [0.05, 0.1) is 33.9 Å². The van der Waals surface area contributed by atoms with Crippen molar-refractivity contribution in [2.45, 2.75) is 12.5 Å². The van der Waals surface area contributed by atoms with Gasteiger partial charge in [-0.3, -0.25) is 14.4 Å². The Morgan fingerprint density at radius 2 is 1.84 bits per heavy atom. The molecule has 1 aromatic carbocycles. The second kappa shape index (κ2) is 8.93. The SMILES string of the molecule is COC(=O)C(CC(=O)c1ccccc1NC=O)NC(=O)C[N+](C)(C)C. The molecular weight excluding hydrogens is 326 g/mol. The van der Waals surface area contributed by atoms with Gasteiger partial charge in [0.2, 0.25) is 6.41 Å². The highest BCUT2D eigenvalue weighted by atomic mass is 16.5. The molecule has 136 valence electrons. The Bertz CT molecular complexity index is 652. The highest BCUT2D eigenvalue weighted by molar-refractivity contribution is 6.04. The van der Waals surface area contributed by atoms with Gasteiger partial charge in [0, 0.05) is 12.0 Å². The average Bonchev–Trinajstić information content (AvgIpc) is 2.52. The quantitative estimate of drug-likeness (QED) is 0.287. The van der Waals surface area contributed by atoms with Crippen LogP contribution in [-0.4, -0.2) is 69.4 Å². The number of nitrogens with one attached hydrogen (secondary N) is 2. The van der Waals surface area contributed by atoms with E-state index in [9.17, 15) is 19.2 Å². The summed E-state index contributed by atoms with van der Waals surface area (Å²) in [6.07, 6.45) is 0.194. The van der Waals surface area contributed by atoms with Crippen LogP contribution >= 0.6 is 0 Å². The molecule has 25 heavy (non-hydrogen) atoms. The zero-order valence-corrected chi connectivity index (χ0v) is 14.9. The third kappa shape index (κ3) is 6.72. The number of carbonyl (C=O) groups is 4. The van der Waals surface area contributed by atoms with Gasteiger partial charge in [-0.05, 0) is 12.1 Å². The molecule has 0 saturated carbocycles. The first-order valence-corrected chi connectivity index (χ1v) is 7.68. The summed E-state index contributed by atoms with van der Waals surface area (Å²) in [5, 5.41) is 4.97. The highest BCUT2D eigenvalue weighted by Crippen LogP contribution is 2.17. The van der Waals surface area contributed by atoms with Crippen LogP contribution < -0.4 is 10.6 Å². The summed E-state index contributed by atoms with van der Waals surface area (Å²) in [5.41, 5.74) is 0.591. The van der Waals surface area contributed by atoms with Crippen LogP contribution in [0.25, 0.3) is 0 Å². The summed E-state index contributed by atoms with van der Waals surface area (Å²) in [6, 6.07) is 5.33. The lowest BCUT2D eigenvalue weighted by molar-refractivity contribution is -0.862. The van der Waals surface area contributed by atoms with Crippen molar-refractivity contribution in [3.63, 3.8) is 0 Å². The van der Waals surface area contributed by atoms with Crippen molar-refractivity contribution in [1.29, 1.82) is 0 Å². The first kappa shape index (κ1) is 20.3. The molecule has 1 unspecified atom stereocenters. The van der Waals surface area contributed by atoms with Gasteiger partial charge >= 0.3 is 5.97 Å². The maximum Gasteiger partial charge on any atom is 0.328 e.